The molecule has 0 spiro atoms. The third-order valence-electron chi connectivity index (χ3n) is 1.92. The molecule has 0 unspecified atom stereocenters. The van der Waals surface area contributed by atoms with E-state index in [1.807, 2.05) is 25.1 Å². The molecule has 0 saturated heterocycles. The first-order chi connectivity index (χ1) is 8.15. The smallest absolute Gasteiger partial charge is 0.313 e. The van der Waals surface area contributed by atoms with Crippen LogP contribution in [0.2, 0.25) is 0 Å². The molecule has 0 atom stereocenters. The number of aromatic amines is 1. The first kappa shape index (κ1) is 11.6. The highest BCUT2D eigenvalue weighted by Crippen LogP contribution is 2.17. The van der Waals surface area contributed by atoms with Crippen molar-refractivity contribution in [2.75, 3.05) is 5.75 Å². The zero-order valence-corrected chi connectivity index (χ0v) is 9.86. The van der Waals surface area contributed by atoms with Crippen LogP contribution in [-0.2, 0) is 4.79 Å². The van der Waals surface area contributed by atoms with Crippen molar-refractivity contribution in [3.05, 3.63) is 23.9 Å². The summed E-state index contributed by atoms with van der Waals surface area (Å²) in [6.45, 7) is 1.89. The number of H-pyrrole nitrogens is 1. The van der Waals surface area contributed by atoms with Gasteiger partial charge in [0.25, 0.3) is 0 Å². The van der Waals surface area contributed by atoms with Gasteiger partial charge >= 0.3 is 5.97 Å². The van der Waals surface area contributed by atoms with Crippen LogP contribution in [0.4, 0.5) is 0 Å². The molecule has 6 nitrogen and oxygen atoms in total. The number of thioether (sulfide) groups is 1. The predicted molar refractivity (Wildman–Crippen MR) is 62.7 cm³/mol. The fraction of sp³-hybridized carbons (Fsp3) is 0.200. The Morgan fingerprint density at radius 3 is 3.00 bits per heavy atom. The molecular formula is C10H10N4O2S. The lowest BCUT2D eigenvalue weighted by Gasteiger charge is -1.95. The van der Waals surface area contributed by atoms with E-state index in [0.29, 0.717) is 16.7 Å². The molecule has 0 aliphatic carbocycles. The van der Waals surface area contributed by atoms with Crippen LogP contribution in [0.15, 0.2) is 23.4 Å². The van der Waals surface area contributed by atoms with Gasteiger partial charge in [-0.1, -0.05) is 17.8 Å². The van der Waals surface area contributed by atoms with E-state index in [9.17, 15) is 4.79 Å². The Hall–Kier alpha value is -1.89. The van der Waals surface area contributed by atoms with Gasteiger partial charge in [0.15, 0.2) is 5.82 Å². The second-order valence-electron chi connectivity index (χ2n) is 3.31. The van der Waals surface area contributed by atoms with E-state index in [4.69, 9.17) is 5.11 Å². The van der Waals surface area contributed by atoms with E-state index in [2.05, 4.69) is 20.2 Å². The lowest BCUT2D eigenvalue weighted by atomic mass is 10.3. The van der Waals surface area contributed by atoms with Crippen molar-refractivity contribution >= 4 is 17.7 Å². The number of aromatic nitrogens is 4. The van der Waals surface area contributed by atoms with Gasteiger partial charge in [-0.25, -0.2) is 4.98 Å². The van der Waals surface area contributed by atoms with Gasteiger partial charge in [-0.15, -0.1) is 5.10 Å². The number of nitrogens with zero attached hydrogens (tertiary/aromatic N) is 3. The van der Waals surface area contributed by atoms with Gasteiger partial charge in [0.1, 0.15) is 5.69 Å². The summed E-state index contributed by atoms with van der Waals surface area (Å²) < 4.78 is 0. The van der Waals surface area contributed by atoms with E-state index >= 15 is 0 Å². The molecule has 88 valence electrons. The molecule has 2 aromatic rings. The van der Waals surface area contributed by atoms with Crippen molar-refractivity contribution in [2.45, 2.75) is 12.1 Å². The molecule has 0 aliphatic heterocycles. The van der Waals surface area contributed by atoms with E-state index in [1.54, 1.807) is 0 Å². The van der Waals surface area contributed by atoms with E-state index in [0.717, 1.165) is 17.5 Å². The highest BCUT2D eigenvalue weighted by Gasteiger charge is 2.08. The van der Waals surface area contributed by atoms with Crippen LogP contribution in [0.3, 0.4) is 0 Å². The molecule has 0 saturated carbocycles. The zero-order valence-electron chi connectivity index (χ0n) is 9.04. The van der Waals surface area contributed by atoms with Crippen molar-refractivity contribution in [3.8, 4) is 11.5 Å². The molecule has 0 fully saturated rings. The summed E-state index contributed by atoms with van der Waals surface area (Å²) in [6.07, 6.45) is 0. The van der Waals surface area contributed by atoms with E-state index < -0.39 is 5.97 Å². The lowest BCUT2D eigenvalue weighted by Crippen LogP contribution is -1.97. The van der Waals surface area contributed by atoms with Crippen LogP contribution in [0.25, 0.3) is 11.5 Å². The van der Waals surface area contributed by atoms with Crippen molar-refractivity contribution < 1.29 is 9.90 Å². The number of aryl methyl sites for hydroxylation is 1. The van der Waals surface area contributed by atoms with Gasteiger partial charge < -0.3 is 5.11 Å². The van der Waals surface area contributed by atoms with Crippen LogP contribution in [0.5, 0.6) is 0 Å². The molecule has 2 heterocycles. The van der Waals surface area contributed by atoms with Crippen LogP contribution in [0.1, 0.15) is 5.69 Å². The average Bonchev–Trinajstić information content (AvgIpc) is 2.75. The van der Waals surface area contributed by atoms with Gasteiger partial charge in [0, 0.05) is 5.69 Å². The number of nitrogens with one attached hydrogen (secondary N) is 1. The average molecular weight is 250 g/mol. The predicted octanol–water partition coefficient (Wildman–Crippen LogP) is 1.35. The maximum absolute atomic E-state index is 10.4. The monoisotopic (exact) mass is 250 g/mol. The zero-order chi connectivity index (χ0) is 12.3. The molecule has 2 aromatic heterocycles. The van der Waals surface area contributed by atoms with Crippen LogP contribution in [-0.4, -0.2) is 37.0 Å². The molecular weight excluding hydrogens is 240 g/mol. The van der Waals surface area contributed by atoms with E-state index in [1.165, 1.54) is 0 Å². The SMILES string of the molecule is Cc1cccc(-c2nc(SCC(=O)O)n[nH]2)n1. The van der Waals surface area contributed by atoms with Gasteiger partial charge in [0.05, 0.1) is 5.75 Å². The van der Waals surface area contributed by atoms with Gasteiger partial charge in [-0.2, -0.15) is 4.98 Å². The Morgan fingerprint density at radius 2 is 2.29 bits per heavy atom. The Kier molecular flexibility index (Phi) is 3.38. The highest BCUT2D eigenvalue weighted by molar-refractivity contribution is 7.99. The third-order valence-corrected chi connectivity index (χ3v) is 2.75. The molecule has 0 bridgehead atoms. The fourth-order valence-electron chi connectivity index (χ4n) is 1.23. The second-order valence-corrected chi connectivity index (χ2v) is 4.26. The van der Waals surface area contributed by atoms with Gasteiger partial charge in [0.2, 0.25) is 5.16 Å². The molecule has 2 N–H and O–H groups in total. The van der Waals surface area contributed by atoms with Crippen molar-refractivity contribution in [2.24, 2.45) is 0 Å². The third kappa shape index (κ3) is 3.04. The lowest BCUT2D eigenvalue weighted by molar-refractivity contribution is -0.133. The summed E-state index contributed by atoms with van der Waals surface area (Å²) in [4.78, 5) is 18.9. The molecule has 0 amide bonds. The fourth-order valence-corrected chi connectivity index (χ4v) is 1.75. The van der Waals surface area contributed by atoms with Crippen LogP contribution in [0, 0.1) is 6.92 Å². The Labute approximate surface area is 101 Å². The normalized spacial score (nSPS) is 10.4. The standard InChI is InChI=1S/C10H10N4O2S/c1-6-3-2-4-7(11-6)9-12-10(14-13-9)17-5-8(15)16/h2-4H,5H2,1H3,(H,15,16)(H,12,13,14). The first-order valence-corrected chi connectivity index (χ1v) is 5.85. The number of carbonyl (C=O) groups is 1. The minimum atomic E-state index is -0.893. The Morgan fingerprint density at radius 1 is 1.47 bits per heavy atom. The molecule has 7 heteroatoms. The second kappa shape index (κ2) is 4.96. The van der Waals surface area contributed by atoms with Crippen LogP contribution >= 0.6 is 11.8 Å². The molecule has 0 radical (unpaired) electrons. The van der Waals surface area contributed by atoms with Gasteiger partial charge in [-0.05, 0) is 19.1 Å². The summed E-state index contributed by atoms with van der Waals surface area (Å²) >= 11 is 1.07. The summed E-state index contributed by atoms with van der Waals surface area (Å²) in [5.74, 6) is -0.407. The Bertz CT molecular complexity index is 541. The number of pyridine rings is 1. The summed E-state index contributed by atoms with van der Waals surface area (Å²) in [5.41, 5.74) is 1.58. The highest BCUT2D eigenvalue weighted by atomic mass is 32.2. The number of carboxylic acids is 1. The number of rotatable bonds is 4. The summed E-state index contributed by atoms with van der Waals surface area (Å²) in [7, 11) is 0. The summed E-state index contributed by atoms with van der Waals surface area (Å²) in [6, 6.07) is 5.59. The van der Waals surface area contributed by atoms with Crippen LogP contribution < -0.4 is 0 Å². The topological polar surface area (TPSA) is 91.8 Å². The maximum Gasteiger partial charge on any atom is 0.313 e. The first-order valence-electron chi connectivity index (χ1n) is 4.86. The molecule has 0 aliphatic rings. The number of hydrogen-bond acceptors (Lipinski definition) is 5. The number of aliphatic carboxylic acids is 1. The number of hydrogen-bond donors (Lipinski definition) is 2. The van der Waals surface area contributed by atoms with Crippen molar-refractivity contribution in [3.63, 3.8) is 0 Å². The minimum Gasteiger partial charge on any atom is -0.481 e. The molecule has 0 aromatic carbocycles. The summed E-state index contributed by atoms with van der Waals surface area (Å²) in [5, 5.41) is 15.6. The quantitative estimate of drug-likeness (QED) is 0.796. The molecule has 17 heavy (non-hydrogen) atoms. The molecule has 2 rings (SSSR count). The van der Waals surface area contributed by atoms with Gasteiger partial charge in [-0.3, -0.25) is 9.89 Å². The van der Waals surface area contributed by atoms with Crippen molar-refractivity contribution in [1.82, 2.24) is 20.2 Å². The number of carboxylic acid groups (broad SMARTS) is 1. The largest absolute Gasteiger partial charge is 0.481 e. The minimum absolute atomic E-state index is 0.0570. The Balaban J connectivity index is 2.15. The van der Waals surface area contributed by atoms with E-state index in [-0.39, 0.29) is 5.75 Å². The maximum atomic E-state index is 10.4. The van der Waals surface area contributed by atoms with Crippen molar-refractivity contribution in [1.29, 1.82) is 0 Å².